The van der Waals surface area contributed by atoms with Crippen LogP contribution >= 0.6 is 0 Å². The van der Waals surface area contributed by atoms with E-state index in [1.807, 2.05) is 0 Å². The number of hydrogen-bond donors (Lipinski definition) is 2. The zero-order valence-electron chi connectivity index (χ0n) is 5.99. The fourth-order valence-corrected chi connectivity index (χ4v) is 1.08. The average molecular weight is 158 g/mol. The van der Waals surface area contributed by atoms with Gasteiger partial charge >= 0.3 is 6.09 Å². The largest absolute Gasteiger partial charge is 0.465 e. The standard InChI is InChI=1S/C6H10N2O3/c9-4-5-3-7-1-2-8(5)6(10)11/h4-5,7H,1-3H2,(H,10,11). The molecule has 1 atom stereocenters. The minimum atomic E-state index is -1.02. The van der Waals surface area contributed by atoms with E-state index in [1.165, 1.54) is 0 Å². The first-order valence-corrected chi connectivity index (χ1v) is 3.41. The van der Waals surface area contributed by atoms with Crippen LogP contribution in [-0.2, 0) is 4.79 Å². The van der Waals surface area contributed by atoms with Crippen molar-refractivity contribution < 1.29 is 14.7 Å². The van der Waals surface area contributed by atoms with Crippen molar-refractivity contribution in [2.75, 3.05) is 19.6 Å². The molecule has 0 spiro atoms. The Hall–Kier alpha value is -1.10. The molecule has 11 heavy (non-hydrogen) atoms. The Bertz CT molecular complexity index is 171. The van der Waals surface area contributed by atoms with Crippen LogP contribution in [0.1, 0.15) is 0 Å². The van der Waals surface area contributed by atoms with E-state index in [0.717, 1.165) is 4.90 Å². The van der Waals surface area contributed by atoms with Crippen molar-refractivity contribution in [3.63, 3.8) is 0 Å². The molecule has 1 fully saturated rings. The van der Waals surface area contributed by atoms with Crippen molar-refractivity contribution in [2.45, 2.75) is 6.04 Å². The first kappa shape index (κ1) is 8.00. The maximum atomic E-state index is 10.5. The Kier molecular flexibility index (Phi) is 2.43. The summed E-state index contributed by atoms with van der Waals surface area (Å²) in [6, 6.07) is -0.513. The van der Waals surface area contributed by atoms with E-state index in [1.54, 1.807) is 0 Å². The highest BCUT2D eigenvalue weighted by atomic mass is 16.4. The van der Waals surface area contributed by atoms with Crippen molar-refractivity contribution in [2.24, 2.45) is 0 Å². The number of amides is 1. The molecule has 0 aromatic rings. The molecule has 1 amide bonds. The van der Waals surface area contributed by atoms with E-state index in [0.29, 0.717) is 25.9 Å². The van der Waals surface area contributed by atoms with Crippen LogP contribution in [0, 0.1) is 0 Å². The summed E-state index contributed by atoms with van der Waals surface area (Å²) < 4.78 is 0. The molecular formula is C6H10N2O3. The molecule has 62 valence electrons. The van der Waals surface area contributed by atoms with Crippen LogP contribution in [0.25, 0.3) is 0 Å². The van der Waals surface area contributed by atoms with Gasteiger partial charge in [0.1, 0.15) is 12.3 Å². The number of aldehydes is 1. The Balaban J connectivity index is 2.58. The summed E-state index contributed by atoms with van der Waals surface area (Å²) in [6.45, 7) is 1.44. The summed E-state index contributed by atoms with van der Waals surface area (Å²) in [4.78, 5) is 21.9. The van der Waals surface area contributed by atoms with Gasteiger partial charge in [0, 0.05) is 19.6 Å². The molecule has 1 unspecified atom stereocenters. The van der Waals surface area contributed by atoms with Gasteiger partial charge in [-0.2, -0.15) is 0 Å². The molecule has 0 saturated carbocycles. The fourth-order valence-electron chi connectivity index (χ4n) is 1.08. The van der Waals surface area contributed by atoms with Crippen molar-refractivity contribution in [1.82, 2.24) is 10.2 Å². The molecule has 1 aliphatic heterocycles. The molecular weight excluding hydrogens is 148 g/mol. The van der Waals surface area contributed by atoms with Crippen molar-refractivity contribution in [3.8, 4) is 0 Å². The number of rotatable bonds is 1. The number of carbonyl (C=O) groups is 2. The van der Waals surface area contributed by atoms with Crippen LogP contribution in [0.15, 0.2) is 0 Å². The molecule has 0 aromatic heterocycles. The van der Waals surface area contributed by atoms with Gasteiger partial charge in [0.25, 0.3) is 0 Å². The minimum absolute atomic E-state index is 0.388. The lowest BCUT2D eigenvalue weighted by molar-refractivity contribution is -0.112. The lowest BCUT2D eigenvalue weighted by atomic mass is 10.2. The molecule has 1 heterocycles. The summed E-state index contributed by atoms with van der Waals surface area (Å²) in [5, 5.41) is 11.5. The number of piperazine rings is 1. The molecule has 2 N–H and O–H groups in total. The van der Waals surface area contributed by atoms with Crippen molar-refractivity contribution in [1.29, 1.82) is 0 Å². The van der Waals surface area contributed by atoms with Gasteiger partial charge in [-0.25, -0.2) is 4.79 Å². The topological polar surface area (TPSA) is 69.6 Å². The first-order valence-electron chi connectivity index (χ1n) is 3.41. The molecule has 0 bridgehead atoms. The minimum Gasteiger partial charge on any atom is -0.465 e. The third kappa shape index (κ3) is 1.68. The predicted octanol–water partition coefficient (Wildman–Crippen LogP) is -0.863. The van der Waals surface area contributed by atoms with Gasteiger partial charge in [0.2, 0.25) is 0 Å². The van der Waals surface area contributed by atoms with Crippen LogP contribution in [0.5, 0.6) is 0 Å². The van der Waals surface area contributed by atoms with Gasteiger partial charge in [0.15, 0.2) is 0 Å². The second-order valence-electron chi connectivity index (χ2n) is 2.38. The second-order valence-corrected chi connectivity index (χ2v) is 2.38. The maximum absolute atomic E-state index is 10.5. The molecule has 0 radical (unpaired) electrons. The summed E-state index contributed by atoms with van der Waals surface area (Å²) in [5.74, 6) is 0. The zero-order chi connectivity index (χ0) is 8.27. The molecule has 1 rings (SSSR count). The molecule has 5 nitrogen and oxygen atoms in total. The lowest BCUT2D eigenvalue weighted by Crippen LogP contribution is -2.53. The second kappa shape index (κ2) is 3.34. The van der Waals surface area contributed by atoms with E-state index in [2.05, 4.69) is 5.32 Å². The van der Waals surface area contributed by atoms with Crippen LogP contribution in [0.3, 0.4) is 0 Å². The number of carbonyl (C=O) groups excluding carboxylic acids is 1. The molecule has 0 aromatic carbocycles. The summed E-state index contributed by atoms with van der Waals surface area (Å²) >= 11 is 0. The Labute approximate surface area is 64.0 Å². The van der Waals surface area contributed by atoms with Crippen LogP contribution in [0.4, 0.5) is 4.79 Å². The van der Waals surface area contributed by atoms with Crippen molar-refractivity contribution >= 4 is 12.4 Å². The highest BCUT2D eigenvalue weighted by Crippen LogP contribution is 2.00. The van der Waals surface area contributed by atoms with E-state index in [-0.39, 0.29) is 0 Å². The van der Waals surface area contributed by atoms with Crippen LogP contribution in [-0.4, -0.2) is 48.1 Å². The van der Waals surface area contributed by atoms with Gasteiger partial charge in [-0.1, -0.05) is 0 Å². The van der Waals surface area contributed by atoms with Gasteiger partial charge < -0.3 is 15.2 Å². The number of hydrogen-bond acceptors (Lipinski definition) is 3. The van der Waals surface area contributed by atoms with Crippen molar-refractivity contribution in [3.05, 3.63) is 0 Å². The molecule has 1 saturated heterocycles. The molecule has 1 aliphatic rings. The van der Waals surface area contributed by atoms with Gasteiger partial charge in [-0.3, -0.25) is 4.90 Å². The van der Waals surface area contributed by atoms with Gasteiger partial charge in [-0.15, -0.1) is 0 Å². The predicted molar refractivity (Wildman–Crippen MR) is 37.5 cm³/mol. The summed E-state index contributed by atoms with van der Waals surface area (Å²) in [5.41, 5.74) is 0. The summed E-state index contributed by atoms with van der Waals surface area (Å²) in [7, 11) is 0. The van der Waals surface area contributed by atoms with E-state index < -0.39 is 12.1 Å². The van der Waals surface area contributed by atoms with E-state index in [4.69, 9.17) is 5.11 Å². The Morgan fingerprint density at radius 3 is 2.91 bits per heavy atom. The lowest BCUT2D eigenvalue weighted by Gasteiger charge is -2.30. The average Bonchev–Trinajstić information content (AvgIpc) is 2.04. The smallest absolute Gasteiger partial charge is 0.407 e. The number of nitrogens with one attached hydrogen (secondary N) is 1. The normalized spacial score (nSPS) is 24.7. The van der Waals surface area contributed by atoms with E-state index >= 15 is 0 Å². The summed E-state index contributed by atoms with van der Waals surface area (Å²) in [6.07, 6.45) is -0.371. The zero-order valence-corrected chi connectivity index (χ0v) is 5.99. The van der Waals surface area contributed by atoms with Gasteiger partial charge in [-0.05, 0) is 0 Å². The highest BCUT2D eigenvalue weighted by Gasteiger charge is 2.24. The first-order chi connectivity index (χ1) is 5.25. The monoisotopic (exact) mass is 158 g/mol. The molecule has 5 heteroatoms. The van der Waals surface area contributed by atoms with Crippen LogP contribution < -0.4 is 5.32 Å². The highest BCUT2D eigenvalue weighted by molar-refractivity contribution is 5.72. The number of nitrogens with zero attached hydrogens (tertiary/aromatic N) is 1. The van der Waals surface area contributed by atoms with Gasteiger partial charge in [0.05, 0.1) is 0 Å². The van der Waals surface area contributed by atoms with E-state index in [9.17, 15) is 9.59 Å². The maximum Gasteiger partial charge on any atom is 0.407 e. The fraction of sp³-hybridized carbons (Fsp3) is 0.667. The Morgan fingerprint density at radius 1 is 1.73 bits per heavy atom. The Morgan fingerprint density at radius 2 is 2.45 bits per heavy atom. The molecule has 0 aliphatic carbocycles. The third-order valence-electron chi connectivity index (χ3n) is 1.69. The quantitative estimate of drug-likeness (QED) is 0.487. The SMILES string of the molecule is O=CC1CNCCN1C(=O)O. The third-order valence-corrected chi connectivity index (χ3v) is 1.69. The van der Waals surface area contributed by atoms with Crippen LogP contribution in [0.2, 0.25) is 0 Å². The number of carboxylic acid groups (broad SMARTS) is 1.